The lowest BCUT2D eigenvalue weighted by Gasteiger charge is -2.17. The maximum absolute atomic E-state index is 15.0. The van der Waals surface area contributed by atoms with Gasteiger partial charge in [0.2, 0.25) is 0 Å². The number of nitrogens with zero attached hydrogens (tertiary/aromatic N) is 2. The molecule has 1 saturated carbocycles. The van der Waals surface area contributed by atoms with Crippen molar-refractivity contribution in [3.8, 4) is 11.4 Å². The fraction of sp³-hybridized carbons (Fsp3) is 0.217. The predicted molar refractivity (Wildman–Crippen MR) is 120 cm³/mol. The number of hydrogen-bond donors (Lipinski definition) is 1. The largest absolute Gasteiger partial charge is 0.495 e. The average Bonchev–Trinajstić information content (AvgIpc) is 3.48. The monoisotopic (exact) mass is 541 g/mol. The molecule has 37 heavy (non-hydrogen) atoms. The molecule has 0 radical (unpaired) electrons. The van der Waals surface area contributed by atoms with Gasteiger partial charge in [-0.3, -0.25) is 14.1 Å². The molecular weight excluding hydrogens is 525 g/mol. The van der Waals surface area contributed by atoms with Crippen LogP contribution in [0.1, 0.15) is 17.9 Å². The van der Waals surface area contributed by atoms with E-state index in [1.165, 1.54) is 13.2 Å². The zero-order chi connectivity index (χ0) is 26.7. The summed E-state index contributed by atoms with van der Waals surface area (Å²) < 4.78 is 107. The first-order chi connectivity index (χ1) is 17.4. The van der Waals surface area contributed by atoms with E-state index in [-0.39, 0.29) is 45.0 Å². The zero-order valence-electron chi connectivity index (χ0n) is 18.7. The molecule has 1 aliphatic carbocycles. The van der Waals surface area contributed by atoms with Crippen LogP contribution in [-0.2, 0) is 10.0 Å². The number of methoxy groups -OCH3 is 1. The molecule has 0 unspecified atom stereocenters. The van der Waals surface area contributed by atoms with E-state index in [1.807, 2.05) is 0 Å². The van der Waals surface area contributed by atoms with Crippen molar-refractivity contribution in [2.45, 2.75) is 23.4 Å². The summed E-state index contributed by atoms with van der Waals surface area (Å²) in [5.74, 6) is -5.05. The van der Waals surface area contributed by atoms with Crippen LogP contribution in [0.25, 0.3) is 16.6 Å². The maximum Gasteiger partial charge on any atom is 0.392 e. The van der Waals surface area contributed by atoms with Crippen LogP contribution in [0.5, 0.6) is 5.75 Å². The third-order valence-corrected chi connectivity index (χ3v) is 7.43. The van der Waals surface area contributed by atoms with Crippen LogP contribution in [0.4, 0.5) is 27.8 Å². The molecule has 0 saturated heterocycles. The average molecular weight is 541 g/mol. The summed E-state index contributed by atoms with van der Waals surface area (Å²) in [6, 6.07) is 6.96. The number of sulfonamides is 1. The number of fused-ring (bicyclic) bond motifs is 1. The Morgan fingerprint density at radius 1 is 1.11 bits per heavy atom. The number of rotatable bonds is 6. The van der Waals surface area contributed by atoms with Gasteiger partial charge < -0.3 is 9.26 Å². The number of anilines is 1. The molecule has 0 spiro atoms. The third-order valence-electron chi connectivity index (χ3n) is 6.07. The molecule has 1 aliphatic rings. The maximum atomic E-state index is 15.0. The summed E-state index contributed by atoms with van der Waals surface area (Å²) in [6.45, 7) is 0. The second-order valence-electron chi connectivity index (χ2n) is 8.37. The van der Waals surface area contributed by atoms with Gasteiger partial charge in [-0.1, -0.05) is 5.16 Å². The number of pyridine rings is 1. The summed E-state index contributed by atoms with van der Waals surface area (Å²) in [5, 5.41) is 3.15. The molecule has 1 N–H and O–H groups in total. The lowest BCUT2D eigenvalue weighted by atomic mass is 10.1. The molecule has 0 amide bonds. The summed E-state index contributed by atoms with van der Waals surface area (Å²) in [7, 11) is -3.04. The molecule has 2 atom stereocenters. The van der Waals surface area contributed by atoms with Crippen LogP contribution < -0.4 is 15.0 Å². The topological polar surface area (TPSA) is 103 Å². The minimum Gasteiger partial charge on any atom is -0.495 e. The molecule has 1 fully saturated rings. The number of nitrogens with one attached hydrogen (secondary N) is 1. The minimum atomic E-state index is -4.48. The summed E-state index contributed by atoms with van der Waals surface area (Å²) in [4.78, 5) is 12.4. The number of halogens is 5. The second-order valence-corrected chi connectivity index (χ2v) is 10.1. The number of alkyl halides is 3. The third kappa shape index (κ3) is 4.41. The van der Waals surface area contributed by atoms with Crippen molar-refractivity contribution in [1.82, 2.24) is 9.72 Å². The first kappa shape index (κ1) is 24.7. The molecule has 2 aromatic heterocycles. The Morgan fingerprint density at radius 3 is 2.49 bits per heavy atom. The Balaban J connectivity index is 1.63. The van der Waals surface area contributed by atoms with Crippen molar-refractivity contribution in [3.63, 3.8) is 0 Å². The van der Waals surface area contributed by atoms with Crippen LogP contribution in [0, 0.1) is 17.6 Å². The summed E-state index contributed by atoms with van der Waals surface area (Å²) >= 11 is 0. The molecule has 194 valence electrons. The molecule has 8 nitrogen and oxygen atoms in total. The first-order valence-corrected chi connectivity index (χ1v) is 12.1. The van der Waals surface area contributed by atoms with Crippen LogP contribution >= 0.6 is 0 Å². The van der Waals surface area contributed by atoms with E-state index in [9.17, 15) is 30.8 Å². The van der Waals surface area contributed by atoms with E-state index < -0.39 is 45.2 Å². The molecule has 0 bridgehead atoms. The van der Waals surface area contributed by atoms with Crippen LogP contribution in [0.2, 0.25) is 0 Å². The summed E-state index contributed by atoms with van der Waals surface area (Å²) in [6.07, 6.45) is -3.61. The molecule has 5 rings (SSSR count). The van der Waals surface area contributed by atoms with Crippen molar-refractivity contribution >= 4 is 26.7 Å². The van der Waals surface area contributed by atoms with Gasteiger partial charge in [0.05, 0.1) is 29.1 Å². The predicted octanol–water partition coefficient (Wildman–Crippen LogP) is 4.73. The first-order valence-electron chi connectivity index (χ1n) is 10.6. The standard InChI is InChI=1S/C23H16F5N3O5S/c1-35-20-8-13(12-7-15(12)23(26,27)28)16(24)9-19(20)31-18-3-2-11(6-14(18)17(25)10-22(31)32)37(33,34)30-21-4-5-36-29-21/h2-6,8-10,12,15H,7H2,1H3,(H,29,30)/t12-,15+/m0/s1. The normalized spacial score (nSPS) is 17.7. The van der Waals surface area contributed by atoms with Gasteiger partial charge in [0.15, 0.2) is 5.82 Å². The Hall–Kier alpha value is -3.94. The molecule has 4 aromatic rings. The van der Waals surface area contributed by atoms with Crippen LogP contribution in [0.3, 0.4) is 0 Å². The van der Waals surface area contributed by atoms with Crippen molar-refractivity contribution in [2.24, 2.45) is 5.92 Å². The van der Waals surface area contributed by atoms with E-state index in [0.29, 0.717) is 6.07 Å². The molecule has 14 heteroatoms. The lowest BCUT2D eigenvalue weighted by Crippen LogP contribution is -2.20. The Kier molecular flexibility index (Phi) is 5.73. The number of hydrogen-bond acceptors (Lipinski definition) is 6. The van der Waals surface area contributed by atoms with Gasteiger partial charge in [0, 0.05) is 23.6 Å². The van der Waals surface area contributed by atoms with Crippen molar-refractivity contribution in [2.75, 3.05) is 11.8 Å². The van der Waals surface area contributed by atoms with Gasteiger partial charge in [-0.2, -0.15) is 13.2 Å². The number of aromatic nitrogens is 2. The fourth-order valence-corrected chi connectivity index (χ4v) is 5.25. The molecule has 0 aliphatic heterocycles. The van der Waals surface area contributed by atoms with E-state index in [4.69, 9.17) is 4.74 Å². The Morgan fingerprint density at radius 2 is 1.86 bits per heavy atom. The van der Waals surface area contributed by atoms with Crippen molar-refractivity contribution < 1.29 is 39.6 Å². The van der Waals surface area contributed by atoms with Crippen LogP contribution in [-0.4, -0.2) is 31.4 Å². The van der Waals surface area contributed by atoms with E-state index in [0.717, 1.165) is 41.2 Å². The van der Waals surface area contributed by atoms with Gasteiger partial charge in [-0.25, -0.2) is 17.2 Å². The smallest absolute Gasteiger partial charge is 0.392 e. The molecular formula is C23H16F5N3O5S. The van der Waals surface area contributed by atoms with Crippen molar-refractivity contribution in [3.05, 3.63) is 76.3 Å². The quantitative estimate of drug-likeness (QED) is 0.354. The second kappa shape index (κ2) is 8.57. The minimum absolute atomic E-state index is 0.116. The highest BCUT2D eigenvalue weighted by Gasteiger charge is 2.57. The highest BCUT2D eigenvalue weighted by molar-refractivity contribution is 7.92. The summed E-state index contributed by atoms with van der Waals surface area (Å²) in [5.41, 5.74) is -1.48. The number of benzene rings is 2. The molecule has 2 aromatic carbocycles. The number of ether oxygens (including phenoxy) is 1. The van der Waals surface area contributed by atoms with Crippen LogP contribution in [0.15, 0.2) is 62.9 Å². The van der Waals surface area contributed by atoms with Gasteiger partial charge in [0.1, 0.15) is 23.6 Å². The van der Waals surface area contributed by atoms with E-state index >= 15 is 4.39 Å². The van der Waals surface area contributed by atoms with E-state index in [2.05, 4.69) is 14.4 Å². The lowest BCUT2D eigenvalue weighted by molar-refractivity contribution is -0.148. The SMILES string of the molecule is COc1cc([C@@H]2C[C@H]2C(F)(F)F)c(F)cc1-n1c(=O)cc(F)c2cc(S(=O)(=O)Nc3ccon3)ccc21. The van der Waals surface area contributed by atoms with Gasteiger partial charge in [-0.15, -0.1) is 0 Å². The fourth-order valence-electron chi connectivity index (χ4n) is 4.23. The van der Waals surface area contributed by atoms with Gasteiger partial charge >= 0.3 is 6.18 Å². The van der Waals surface area contributed by atoms with Gasteiger partial charge in [0.25, 0.3) is 15.6 Å². The Bertz CT molecular complexity index is 1680. The van der Waals surface area contributed by atoms with Gasteiger partial charge in [-0.05, 0) is 42.2 Å². The Labute approximate surface area is 205 Å². The van der Waals surface area contributed by atoms with E-state index in [1.54, 1.807) is 0 Å². The molecule has 2 heterocycles. The van der Waals surface area contributed by atoms with Crippen molar-refractivity contribution in [1.29, 1.82) is 0 Å². The zero-order valence-corrected chi connectivity index (χ0v) is 19.5. The highest BCUT2D eigenvalue weighted by atomic mass is 32.2. The highest BCUT2D eigenvalue weighted by Crippen LogP contribution is 2.57.